The van der Waals surface area contributed by atoms with Crippen LogP contribution in [-0.4, -0.2) is 17.3 Å². The van der Waals surface area contributed by atoms with Crippen molar-refractivity contribution in [3.63, 3.8) is 0 Å². The number of benzene rings is 3. The summed E-state index contributed by atoms with van der Waals surface area (Å²) in [5.74, 6) is 1.10. The Morgan fingerprint density at radius 1 is 0.909 bits per heavy atom. The van der Waals surface area contributed by atoms with Gasteiger partial charge in [-0.05, 0) is 47.7 Å². The van der Waals surface area contributed by atoms with Crippen LogP contribution in [0, 0.1) is 6.92 Å². The van der Waals surface area contributed by atoms with Crippen molar-refractivity contribution in [2.24, 2.45) is 5.73 Å². The number of aromatic nitrogens is 1. The molecule has 0 bridgehead atoms. The smallest absolute Gasteiger partial charge is 0.251 e. The minimum atomic E-state index is -0.409. The number of ether oxygens (including phenoxy) is 2. The molecule has 5 rings (SSSR count). The zero-order valence-corrected chi connectivity index (χ0v) is 18.8. The number of hydrogen-bond acceptors (Lipinski definition) is 3. The minimum Gasteiger partial charge on any atom is -0.454 e. The van der Waals surface area contributed by atoms with E-state index in [1.54, 1.807) is 0 Å². The van der Waals surface area contributed by atoms with Crippen molar-refractivity contribution in [1.29, 1.82) is 0 Å². The van der Waals surface area contributed by atoms with Crippen molar-refractivity contribution in [2.45, 2.75) is 26.8 Å². The average Bonchev–Trinajstić information content (AvgIpc) is 3.41. The third kappa shape index (κ3) is 3.76. The van der Waals surface area contributed by atoms with Gasteiger partial charge in [0.25, 0.3) is 5.91 Å². The van der Waals surface area contributed by atoms with Gasteiger partial charge in [-0.3, -0.25) is 4.79 Å². The van der Waals surface area contributed by atoms with Crippen LogP contribution in [0.3, 0.4) is 0 Å². The molecule has 5 nitrogen and oxygen atoms in total. The van der Waals surface area contributed by atoms with Gasteiger partial charge in [0.2, 0.25) is 6.79 Å². The van der Waals surface area contributed by atoms with Gasteiger partial charge >= 0.3 is 0 Å². The Morgan fingerprint density at radius 3 is 2.27 bits per heavy atom. The summed E-state index contributed by atoms with van der Waals surface area (Å²) in [6, 6.07) is 24.6. The monoisotopic (exact) mass is 438 g/mol. The lowest BCUT2D eigenvalue weighted by Crippen LogP contribution is -2.13. The fraction of sp³-hybridized carbons (Fsp3) is 0.179. The molecule has 0 saturated heterocycles. The molecule has 4 aromatic rings. The maximum atomic E-state index is 12.6. The second-order valence-electron chi connectivity index (χ2n) is 8.22. The van der Waals surface area contributed by atoms with Gasteiger partial charge in [-0.25, -0.2) is 0 Å². The van der Waals surface area contributed by atoms with E-state index in [9.17, 15) is 4.79 Å². The van der Waals surface area contributed by atoms with Crippen molar-refractivity contribution < 1.29 is 14.3 Å². The average molecular weight is 439 g/mol. The predicted octanol–water partition coefficient (Wildman–Crippen LogP) is 5.57. The van der Waals surface area contributed by atoms with Gasteiger partial charge in [-0.2, -0.15) is 0 Å². The lowest BCUT2D eigenvalue weighted by atomic mass is 9.96. The molecule has 1 amide bonds. The number of amides is 1. The summed E-state index contributed by atoms with van der Waals surface area (Å²) in [4.78, 5) is 12.6. The maximum absolute atomic E-state index is 12.6. The van der Waals surface area contributed by atoms with E-state index in [0.29, 0.717) is 12.1 Å². The van der Waals surface area contributed by atoms with Gasteiger partial charge in [-0.1, -0.05) is 67.6 Å². The van der Waals surface area contributed by atoms with Crippen molar-refractivity contribution >= 4 is 5.91 Å². The van der Waals surface area contributed by atoms with E-state index in [2.05, 4.69) is 47.9 Å². The third-order valence-electron chi connectivity index (χ3n) is 6.27. The zero-order valence-electron chi connectivity index (χ0n) is 18.8. The molecule has 3 aromatic carbocycles. The van der Waals surface area contributed by atoms with Crippen LogP contribution in [0.2, 0.25) is 0 Å². The van der Waals surface area contributed by atoms with E-state index in [4.69, 9.17) is 15.2 Å². The number of nitrogens with two attached hydrogens (primary N) is 1. The van der Waals surface area contributed by atoms with Crippen LogP contribution in [0.1, 0.15) is 34.2 Å². The molecule has 0 unspecified atom stereocenters. The summed E-state index contributed by atoms with van der Waals surface area (Å²) in [5.41, 5.74) is 13.7. The molecule has 5 heteroatoms. The number of nitrogens with zero attached hydrogens (tertiary/aromatic N) is 1. The molecule has 1 aromatic heterocycles. The molecule has 33 heavy (non-hydrogen) atoms. The molecule has 2 heterocycles. The maximum Gasteiger partial charge on any atom is 0.251 e. The van der Waals surface area contributed by atoms with Crippen LogP contribution in [0.25, 0.3) is 22.3 Å². The van der Waals surface area contributed by atoms with Crippen LogP contribution in [0.15, 0.2) is 72.8 Å². The number of primary amides is 1. The lowest BCUT2D eigenvalue weighted by molar-refractivity contribution is 0.1000. The predicted molar refractivity (Wildman–Crippen MR) is 130 cm³/mol. The van der Waals surface area contributed by atoms with Crippen molar-refractivity contribution in [2.75, 3.05) is 6.79 Å². The van der Waals surface area contributed by atoms with Crippen LogP contribution >= 0.6 is 0 Å². The molecule has 2 N–H and O–H groups in total. The Bertz CT molecular complexity index is 1320. The Hall–Kier alpha value is -3.99. The number of hydrogen-bond donors (Lipinski definition) is 1. The number of carbonyl (C=O) groups is 1. The first-order chi connectivity index (χ1) is 16.1. The molecule has 166 valence electrons. The Morgan fingerprint density at radius 2 is 1.58 bits per heavy atom. The highest BCUT2D eigenvalue weighted by Crippen LogP contribution is 2.36. The minimum absolute atomic E-state index is 0.247. The summed E-state index contributed by atoms with van der Waals surface area (Å²) in [5, 5.41) is 0. The fourth-order valence-corrected chi connectivity index (χ4v) is 4.67. The van der Waals surface area contributed by atoms with E-state index < -0.39 is 5.91 Å². The number of rotatable bonds is 6. The van der Waals surface area contributed by atoms with Gasteiger partial charge < -0.3 is 19.8 Å². The van der Waals surface area contributed by atoms with Crippen LogP contribution in [0.5, 0.6) is 11.5 Å². The van der Waals surface area contributed by atoms with Crippen molar-refractivity contribution in [3.05, 3.63) is 95.3 Å². The van der Waals surface area contributed by atoms with Crippen LogP contribution in [-0.2, 0) is 13.0 Å². The summed E-state index contributed by atoms with van der Waals surface area (Å²) in [7, 11) is 0. The highest BCUT2D eigenvalue weighted by molar-refractivity contribution is 6.02. The highest BCUT2D eigenvalue weighted by atomic mass is 16.7. The van der Waals surface area contributed by atoms with Gasteiger partial charge in [-0.15, -0.1) is 0 Å². The van der Waals surface area contributed by atoms with E-state index >= 15 is 0 Å². The summed E-state index contributed by atoms with van der Waals surface area (Å²) in [6.45, 7) is 4.94. The normalized spacial score (nSPS) is 12.2. The second kappa shape index (κ2) is 8.51. The zero-order chi connectivity index (χ0) is 22.9. The topological polar surface area (TPSA) is 66.5 Å². The summed E-state index contributed by atoms with van der Waals surface area (Å²) >= 11 is 0. The fourth-order valence-electron chi connectivity index (χ4n) is 4.67. The molecule has 0 saturated carbocycles. The van der Waals surface area contributed by atoms with Gasteiger partial charge in [0.15, 0.2) is 11.5 Å². The molecule has 0 atom stereocenters. The third-order valence-corrected chi connectivity index (χ3v) is 6.27. The quantitative estimate of drug-likeness (QED) is 0.428. The van der Waals surface area contributed by atoms with Gasteiger partial charge in [0, 0.05) is 23.5 Å². The first kappa shape index (κ1) is 20.9. The molecular weight excluding hydrogens is 412 g/mol. The number of fused-ring (bicyclic) bond motifs is 1. The molecule has 0 spiro atoms. The van der Waals surface area contributed by atoms with Crippen molar-refractivity contribution in [3.8, 4) is 33.8 Å². The molecule has 1 aliphatic rings. The van der Waals surface area contributed by atoms with Crippen LogP contribution < -0.4 is 15.2 Å². The Labute approximate surface area is 193 Å². The molecule has 0 aliphatic carbocycles. The lowest BCUT2D eigenvalue weighted by Gasteiger charge is -2.13. The van der Waals surface area contributed by atoms with Crippen LogP contribution in [0.4, 0.5) is 0 Å². The van der Waals surface area contributed by atoms with Gasteiger partial charge in [0.1, 0.15) is 0 Å². The first-order valence-corrected chi connectivity index (χ1v) is 11.1. The van der Waals surface area contributed by atoms with Gasteiger partial charge in [0.05, 0.1) is 5.56 Å². The second-order valence-corrected chi connectivity index (χ2v) is 8.22. The molecule has 0 fully saturated rings. The van der Waals surface area contributed by atoms with E-state index in [-0.39, 0.29) is 6.79 Å². The standard InChI is InChI=1S/C28H26N2O3/c1-3-23-27(22-12-10-21(11-13-22)20-7-5-4-6-8-20)26(28(29)31)18(2)30(23)16-19-9-14-24-25(15-19)33-17-32-24/h4-15H,3,16-17H2,1-2H3,(H2,29,31). The number of carbonyl (C=O) groups excluding carboxylic acids is 1. The molecule has 0 radical (unpaired) electrons. The van der Waals surface area contributed by atoms with E-state index in [0.717, 1.165) is 57.1 Å². The SMILES string of the molecule is CCc1c(-c2ccc(-c3ccccc3)cc2)c(C(N)=O)c(C)n1Cc1ccc2c(c1)OCO2. The Balaban J connectivity index is 1.58. The summed E-state index contributed by atoms with van der Waals surface area (Å²) in [6.07, 6.45) is 0.772. The highest BCUT2D eigenvalue weighted by Gasteiger charge is 2.24. The van der Waals surface area contributed by atoms with E-state index in [1.807, 2.05) is 43.3 Å². The van der Waals surface area contributed by atoms with E-state index in [1.165, 1.54) is 0 Å². The molecule has 1 aliphatic heterocycles. The van der Waals surface area contributed by atoms with Crippen molar-refractivity contribution in [1.82, 2.24) is 4.57 Å². The Kier molecular flexibility index (Phi) is 5.38. The first-order valence-electron chi connectivity index (χ1n) is 11.1. The largest absolute Gasteiger partial charge is 0.454 e. The molecular formula is C28H26N2O3. The summed E-state index contributed by atoms with van der Waals surface area (Å²) < 4.78 is 13.2.